The van der Waals surface area contributed by atoms with Crippen molar-refractivity contribution in [2.75, 3.05) is 0 Å². The van der Waals surface area contributed by atoms with E-state index in [1.54, 1.807) is 12.1 Å². The molecule has 0 radical (unpaired) electrons. The lowest BCUT2D eigenvalue weighted by atomic mass is 10.2. The normalized spacial score (nSPS) is 18.4. The zero-order valence-corrected chi connectivity index (χ0v) is 12.8. The van der Waals surface area contributed by atoms with Gasteiger partial charge in [0.05, 0.1) is 6.42 Å². The van der Waals surface area contributed by atoms with Gasteiger partial charge in [-0.05, 0) is 22.9 Å². The van der Waals surface area contributed by atoms with Gasteiger partial charge in [0.2, 0.25) is 5.91 Å². The van der Waals surface area contributed by atoms with Crippen LogP contribution >= 0.6 is 23.1 Å². The lowest BCUT2D eigenvalue weighted by Gasteiger charge is -2.22. The molecule has 0 aromatic carbocycles. The highest BCUT2D eigenvalue weighted by atomic mass is 32.2. The molecule has 0 aliphatic carbocycles. The molecule has 2 rings (SSSR count). The van der Waals surface area contributed by atoms with Gasteiger partial charge < -0.3 is 15.5 Å². The van der Waals surface area contributed by atoms with Crippen LogP contribution in [0.1, 0.15) is 4.88 Å². The lowest BCUT2D eigenvalue weighted by Crippen LogP contribution is -2.48. The minimum Gasteiger partial charge on any atom is -0.480 e. The van der Waals surface area contributed by atoms with Gasteiger partial charge in [-0.15, -0.1) is 23.1 Å². The Bertz CT molecular complexity index is 639. The molecule has 1 aromatic rings. The minimum atomic E-state index is -1.29. The third kappa shape index (κ3) is 4.18. The van der Waals surface area contributed by atoms with Crippen LogP contribution in [0.25, 0.3) is 0 Å². The van der Waals surface area contributed by atoms with Gasteiger partial charge in [0.1, 0.15) is 11.1 Å². The van der Waals surface area contributed by atoms with Crippen LogP contribution in [0, 0.1) is 0 Å². The Balaban J connectivity index is 2.07. The second-order valence-corrected chi connectivity index (χ2v) is 6.35. The number of nitrogens with one attached hydrogen (secondary N) is 1. The van der Waals surface area contributed by atoms with Gasteiger partial charge >= 0.3 is 11.9 Å². The van der Waals surface area contributed by atoms with E-state index in [2.05, 4.69) is 10.3 Å². The van der Waals surface area contributed by atoms with Gasteiger partial charge in [0.25, 0.3) is 0 Å². The molecule has 1 amide bonds. The van der Waals surface area contributed by atoms with E-state index < -0.39 is 29.3 Å². The number of carbonyl (C=O) groups excluding carboxylic acids is 1. The summed E-state index contributed by atoms with van der Waals surface area (Å²) in [7, 11) is 0. The van der Waals surface area contributed by atoms with Gasteiger partial charge in [-0.1, -0.05) is 6.07 Å². The molecular formula is C13H12N2O5S2. The van der Waals surface area contributed by atoms with Crippen molar-refractivity contribution in [3.8, 4) is 0 Å². The minimum absolute atomic E-state index is 0.0736. The van der Waals surface area contributed by atoms with Gasteiger partial charge in [0, 0.05) is 4.88 Å². The average molecular weight is 340 g/mol. The molecule has 1 aromatic heterocycles. The molecule has 2 atom stereocenters. The molecule has 0 fully saturated rings. The molecule has 0 unspecified atom stereocenters. The van der Waals surface area contributed by atoms with Crippen molar-refractivity contribution in [3.63, 3.8) is 0 Å². The smallest absolute Gasteiger partial charge is 0.354 e. The highest BCUT2D eigenvalue weighted by molar-refractivity contribution is 8.02. The second-order valence-electron chi connectivity index (χ2n) is 4.29. The fourth-order valence-corrected chi connectivity index (χ4v) is 3.31. The first-order valence-corrected chi connectivity index (χ1v) is 7.97. The third-order valence-corrected chi connectivity index (χ3v) is 4.54. The number of carboxylic acids is 2. The van der Waals surface area contributed by atoms with Crippen molar-refractivity contribution in [1.29, 1.82) is 0 Å². The number of nitrogens with zero attached hydrogens (tertiary/aromatic N) is 1. The molecule has 0 saturated heterocycles. The van der Waals surface area contributed by atoms with E-state index in [0.717, 1.165) is 16.6 Å². The summed E-state index contributed by atoms with van der Waals surface area (Å²) in [6.07, 6.45) is 1.36. The number of thioether (sulfide) groups is 1. The summed E-state index contributed by atoms with van der Waals surface area (Å²) >= 11 is 2.44. The van der Waals surface area contributed by atoms with Gasteiger partial charge in [-0.3, -0.25) is 9.79 Å². The first kappa shape index (κ1) is 16.2. The van der Waals surface area contributed by atoms with Gasteiger partial charge in [0.15, 0.2) is 6.04 Å². The molecule has 0 bridgehead atoms. The average Bonchev–Trinajstić information content (AvgIpc) is 2.97. The third-order valence-electron chi connectivity index (χ3n) is 2.71. The number of aliphatic carboxylic acids is 2. The van der Waals surface area contributed by atoms with Crippen LogP contribution in [-0.4, -0.2) is 45.2 Å². The van der Waals surface area contributed by atoms with Crippen molar-refractivity contribution >= 4 is 46.7 Å². The number of hydrogen-bond donors (Lipinski definition) is 3. The molecule has 1 aliphatic heterocycles. The van der Waals surface area contributed by atoms with Crippen LogP contribution in [0.4, 0.5) is 0 Å². The Morgan fingerprint density at radius 1 is 1.36 bits per heavy atom. The van der Waals surface area contributed by atoms with Crippen LogP contribution in [0.15, 0.2) is 34.0 Å². The first-order chi connectivity index (χ1) is 10.5. The second kappa shape index (κ2) is 7.23. The zero-order chi connectivity index (χ0) is 16.1. The van der Waals surface area contributed by atoms with Crippen LogP contribution in [0.5, 0.6) is 0 Å². The number of amides is 1. The Kier molecular flexibility index (Phi) is 5.34. The van der Waals surface area contributed by atoms with Crippen molar-refractivity contribution in [3.05, 3.63) is 33.9 Å². The van der Waals surface area contributed by atoms with E-state index in [1.807, 2.05) is 5.38 Å². The topological polar surface area (TPSA) is 116 Å². The van der Waals surface area contributed by atoms with E-state index in [9.17, 15) is 19.5 Å². The highest BCUT2D eigenvalue weighted by Gasteiger charge is 2.31. The van der Waals surface area contributed by atoms with Gasteiger partial charge in [-0.2, -0.15) is 0 Å². The van der Waals surface area contributed by atoms with Crippen molar-refractivity contribution in [2.45, 2.75) is 17.8 Å². The van der Waals surface area contributed by atoms with E-state index in [4.69, 9.17) is 5.11 Å². The van der Waals surface area contributed by atoms with Crippen LogP contribution in [0.2, 0.25) is 0 Å². The van der Waals surface area contributed by atoms with E-state index in [-0.39, 0.29) is 12.1 Å². The quantitative estimate of drug-likeness (QED) is 0.711. The Hall–Kier alpha value is -2.13. The van der Waals surface area contributed by atoms with Crippen LogP contribution < -0.4 is 5.32 Å². The Morgan fingerprint density at radius 2 is 2.14 bits per heavy atom. The molecule has 7 nitrogen and oxygen atoms in total. The number of hydrogen-bond acceptors (Lipinski definition) is 6. The van der Waals surface area contributed by atoms with Crippen LogP contribution in [-0.2, 0) is 20.8 Å². The largest absolute Gasteiger partial charge is 0.480 e. The number of carbonyl (C=O) groups is 3. The number of carboxylic acid groups (broad SMARTS) is 2. The summed E-state index contributed by atoms with van der Waals surface area (Å²) in [5.41, 5.74) is -0.234. The SMILES string of the molecule is O=C(Cc1cccs1)N[C@H](C(=O)O)[C@@H]1N=C(C(=O)O)C=CS1. The first-order valence-electron chi connectivity index (χ1n) is 6.15. The predicted molar refractivity (Wildman–Crippen MR) is 83.2 cm³/mol. The van der Waals surface area contributed by atoms with Crippen molar-refractivity contribution in [1.82, 2.24) is 5.32 Å². The van der Waals surface area contributed by atoms with E-state index >= 15 is 0 Å². The number of thiophene rings is 1. The Labute approximate surface area is 133 Å². The fourth-order valence-electron chi connectivity index (χ4n) is 1.73. The van der Waals surface area contributed by atoms with E-state index in [1.165, 1.54) is 22.8 Å². The molecule has 9 heteroatoms. The Morgan fingerprint density at radius 3 is 2.73 bits per heavy atom. The summed E-state index contributed by atoms with van der Waals surface area (Å²) in [4.78, 5) is 38.8. The van der Waals surface area contributed by atoms with Gasteiger partial charge in [-0.25, -0.2) is 9.59 Å². The number of aliphatic imine (C=N–C) groups is 1. The standard InChI is InChI=1S/C13H12N2O5S2/c16-9(6-7-2-1-4-21-7)15-10(13(19)20)11-14-8(12(17)18)3-5-22-11/h1-5,10-11H,6H2,(H,15,16)(H,17,18)(H,19,20)/t10-,11+/m0/s1. The molecule has 22 heavy (non-hydrogen) atoms. The molecule has 1 aliphatic rings. The molecule has 0 spiro atoms. The fraction of sp³-hybridized carbons (Fsp3) is 0.231. The summed E-state index contributed by atoms with van der Waals surface area (Å²) in [6, 6.07) is 2.28. The lowest BCUT2D eigenvalue weighted by molar-refractivity contribution is -0.141. The summed E-state index contributed by atoms with van der Waals surface area (Å²) in [6.45, 7) is 0. The molecule has 116 valence electrons. The monoisotopic (exact) mass is 340 g/mol. The maximum atomic E-state index is 11.9. The summed E-state index contributed by atoms with van der Waals surface area (Å²) in [5.74, 6) is -2.95. The maximum Gasteiger partial charge on any atom is 0.354 e. The zero-order valence-electron chi connectivity index (χ0n) is 11.1. The van der Waals surface area contributed by atoms with Crippen molar-refractivity contribution < 1.29 is 24.6 Å². The molecule has 0 saturated carbocycles. The van der Waals surface area contributed by atoms with Crippen LogP contribution in [0.3, 0.4) is 0 Å². The highest BCUT2D eigenvalue weighted by Crippen LogP contribution is 2.22. The summed E-state index contributed by atoms with van der Waals surface area (Å²) in [5, 5.41) is 22.9. The number of rotatable bonds is 6. The molecule has 2 heterocycles. The maximum absolute atomic E-state index is 11.9. The molecule has 3 N–H and O–H groups in total. The van der Waals surface area contributed by atoms with E-state index in [0.29, 0.717) is 0 Å². The molecular weight excluding hydrogens is 328 g/mol. The van der Waals surface area contributed by atoms with Crippen molar-refractivity contribution in [2.24, 2.45) is 4.99 Å². The summed E-state index contributed by atoms with van der Waals surface area (Å²) < 4.78 is 0. The predicted octanol–water partition coefficient (Wildman–Crippen LogP) is 0.972.